The van der Waals surface area contributed by atoms with E-state index in [1.165, 1.54) is 11.3 Å². The first-order valence-electron chi connectivity index (χ1n) is 9.15. The number of aromatic nitrogens is 4. The molecule has 0 radical (unpaired) electrons. The topological polar surface area (TPSA) is 83.9 Å². The Bertz CT molecular complexity index is 848. The van der Waals surface area contributed by atoms with E-state index in [-0.39, 0.29) is 17.7 Å². The fraction of sp³-hybridized carbons (Fsp3) is 0.579. The summed E-state index contributed by atoms with van der Waals surface area (Å²) in [6.07, 6.45) is 3.58. The van der Waals surface area contributed by atoms with Gasteiger partial charge in [0.15, 0.2) is 5.78 Å². The van der Waals surface area contributed by atoms with Gasteiger partial charge in [0, 0.05) is 24.9 Å². The fourth-order valence-electron chi connectivity index (χ4n) is 3.93. The minimum atomic E-state index is -0.110. The Kier molecular flexibility index (Phi) is 4.98. The van der Waals surface area contributed by atoms with Crippen LogP contribution in [0.4, 0.5) is 0 Å². The number of aryl methyl sites for hydroxylation is 2. The first-order chi connectivity index (χ1) is 12.3. The molecule has 0 fully saturated rings. The van der Waals surface area contributed by atoms with E-state index in [4.69, 9.17) is 0 Å². The first kappa shape index (κ1) is 18.4. The number of carbonyl (C=O) groups is 2. The number of hydrogen-bond donors (Lipinski definition) is 1. The lowest BCUT2D eigenvalue weighted by Crippen LogP contribution is -2.29. The molecule has 1 unspecified atom stereocenters. The Morgan fingerprint density at radius 3 is 2.69 bits per heavy atom. The van der Waals surface area contributed by atoms with Crippen LogP contribution in [0.15, 0.2) is 0 Å². The van der Waals surface area contributed by atoms with E-state index in [2.05, 4.69) is 15.3 Å². The number of Topliss-reactive ketones (excluding diaryl/α,β-unsaturated/α-hetero) is 1. The predicted octanol–water partition coefficient (Wildman–Crippen LogP) is 2.52. The lowest BCUT2D eigenvalue weighted by molar-refractivity contribution is -0.131. The summed E-state index contributed by atoms with van der Waals surface area (Å²) in [6.45, 7) is 7.75. The van der Waals surface area contributed by atoms with E-state index in [0.717, 1.165) is 36.3 Å². The largest absolute Gasteiger partial charge is 0.340 e. The molecule has 0 saturated heterocycles. The Labute approximate surface area is 153 Å². The zero-order valence-electron chi connectivity index (χ0n) is 16.2. The standard InChI is InChI=1S/C19H27N5O2/c1-11(24-13(3)19(14(4)25)12(2)22-24)9-18(26)23(5)10-17-15-7-6-8-16(15)20-21-17/h11H,6-10H2,1-5H3,(H,20,21). The van der Waals surface area contributed by atoms with Crippen molar-refractivity contribution in [2.75, 3.05) is 7.05 Å². The van der Waals surface area contributed by atoms with Gasteiger partial charge >= 0.3 is 0 Å². The van der Waals surface area contributed by atoms with Crippen LogP contribution < -0.4 is 0 Å². The maximum Gasteiger partial charge on any atom is 0.224 e. The normalized spacial score (nSPS) is 14.3. The summed E-state index contributed by atoms with van der Waals surface area (Å²) in [5, 5.41) is 11.9. The summed E-state index contributed by atoms with van der Waals surface area (Å²) >= 11 is 0. The molecule has 1 N–H and O–H groups in total. The molecule has 2 aromatic rings. The maximum atomic E-state index is 12.7. The predicted molar refractivity (Wildman–Crippen MR) is 98.1 cm³/mol. The van der Waals surface area contributed by atoms with Crippen LogP contribution in [0, 0.1) is 13.8 Å². The second-order valence-electron chi connectivity index (χ2n) is 7.33. The van der Waals surface area contributed by atoms with Crippen molar-refractivity contribution < 1.29 is 9.59 Å². The molecule has 3 rings (SSSR count). The highest BCUT2D eigenvalue weighted by Crippen LogP contribution is 2.24. The van der Waals surface area contributed by atoms with Crippen molar-refractivity contribution in [2.45, 2.75) is 66.0 Å². The molecule has 0 saturated carbocycles. The third-order valence-electron chi connectivity index (χ3n) is 5.27. The Balaban J connectivity index is 1.67. The summed E-state index contributed by atoms with van der Waals surface area (Å²) in [5.74, 6) is 0.0541. The van der Waals surface area contributed by atoms with Gasteiger partial charge in [0.1, 0.15) is 0 Å². The van der Waals surface area contributed by atoms with E-state index in [9.17, 15) is 9.59 Å². The zero-order chi connectivity index (χ0) is 19.0. The fourth-order valence-corrected chi connectivity index (χ4v) is 3.93. The quantitative estimate of drug-likeness (QED) is 0.805. The van der Waals surface area contributed by atoms with Crippen LogP contribution in [0.5, 0.6) is 0 Å². The Morgan fingerprint density at radius 1 is 1.31 bits per heavy atom. The third kappa shape index (κ3) is 3.30. The summed E-state index contributed by atoms with van der Waals surface area (Å²) in [6, 6.07) is -0.110. The SMILES string of the molecule is CC(=O)c1c(C)nn(C(C)CC(=O)N(C)Cc2n[nH]c3c2CCC3)c1C. The van der Waals surface area contributed by atoms with E-state index in [1.54, 1.807) is 16.5 Å². The molecule has 0 aromatic carbocycles. The van der Waals surface area contributed by atoms with Gasteiger partial charge in [0.05, 0.1) is 29.5 Å². The van der Waals surface area contributed by atoms with Crippen molar-refractivity contribution in [2.24, 2.45) is 0 Å². The monoisotopic (exact) mass is 357 g/mol. The number of carbonyl (C=O) groups excluding carboxylic acids is 2. The average molecular weight is 357 g/mol. The Hall–Kier alpha value is -2.44. The number of H-pyrrole nitrogens is 1. The highest BCUT2D eigenvalue weighted by Gasteiger charge is 2.23. The van der Waals surface area contributed by atoms with Gasteiger partial charge in [-0.15, -0.1) is 0 Å². The number of aromatic amines is 1. The molecule has 7 heteroatoms. The molecular formula is C19H27N5O2. The molecule has 1 amide bonds. The number of amides is 1. The molecule has 0 bridgehead atoms. The van der Waals surface area contributed by atoms with Gasteiger partial charge in [-0.2, -0.15) is 10.2 Å². The van der Waals surface area contributed by atoms with Crippen molar-refractivity contribution in [3.63, 3.8) is 0 Å². The zero-order valence-corrected chi connectivity index (χ0v) is 16.2. The first-order valence-corrected chi connectivity index (χ1v) is 9.15. The molecule has 0 aliphatic heterocycles. The third-order valence-corrected chi connectivity index (χ3v) is 5.27. The molecule has 1 aliphatic carbocycles. The molecule has 1 atom stereocenters. The van der Waals surface area contributed by atoms with Crippen LogP contribution in [0.1, 0.15) is 71.4 Å². The number of ketones is 1. The van der Waals surface area contributed by atoms with Crippen molar-refractivity contribution in [3.05, 3.63) is 33.9 Å². The molecule has 140 valence electrons. The summed E-state index contributed by atoms with van der Waals surface area (Å²) in [7, 11) is 1.81. The molecule has 7 nitrogen and oxygen atoms in total. The lowest BCUT2D eigenvalue weighted by Gasteiger charge is -2.20. The smallest absolute Gasteiger partial charge is 0.224 e. The second kappa shape index (κ2) is 7.05. The van der Waals surface area contributed by atoms with Gasteiger partial charge in [-0.1, -0.05) is 0 Å². The summed E-state index contributed by atoms with van der Waals surface area (Å²) in [5.41, 5.74) is 5.67. The maximum absolute atomic E-state index is 12.7. The van der Waals surface area contributed by atoms with E-state index in [1.807, 2.05) is 27.8 Å². The van der Waals surface area contributed by atoms with Gasteiger partial charge in [0.25, 0.3) is 0 Å². The van der Waals surface area contributed by atoms with Gasteiger partial charge < -0.3 is 4.90 Å². The van der Waals surface area contributed by atoms with E-state index in [0.29, 0.717) is 18.5 Å². The molecule has 26 heavy (non-hydrogen) atoms. The van der Waals surface area contributed by atoms with Crippen LogP contribution in [-0.4, -0.2) is 43.6 Å². The number of hydrogen-bond acceptors (Lipinski definition) is 4. The van der Waals surface area contributed by atoms with Crippen LogP contribution >= 0.6 is 0 Å². The number of nitrogens with zero attached hydrogens (tertiary/aromatic N) is 4. The highest BCUT2D eigenvalue weighted by molar-refractivity contribution is 5.96. The van der Waals surface area contributed by atoms with Crippen molar-refractivity contribution >= 4 is 11.7 Å². The minimum Gasteiger partial charge on any atom is -0.340 e. The van der Waals surface area contributed by atoms with Crippen molar-refractivity contribution in [1.29, 1.82) is 0 Å². The van der Waals surface area contributed by atoms with E-state index < -0.39 is 0 Å². The van der Waals surface area contributed by atoms with Gasteiger partial charge in [-0.25, -0.2) is 0 Å². The van der Waals surface area contributed by atoms with Gasteiger partial charge in [0.2, 0.25) is 5.91 Å². The number of nitrogens with one attached hydrogen (secondary N) is 1. The molecule has 1 aliphatic rings. The lowest BCUT2D eigenvalue weighted by atomic mass is 10.1. The molecular weight excluding hydrogens is 330 g/mol. The van der Waals surface area contributed by atoms with Crippen LogP contribution in [-0.2, 0) is 24.2 Å². The highest BCUT2D eigenvalue weighted by atomic mass is 16.2. The van der Waals surface area contributed by atoms with Crippen molar-refractivity contribution in [3.8, 4) is 0 Å². The summed E-state index contributed by atoms with van der Waals surface area (Å²) in [4.78, 5) is 26.2. The number of rotatable bonds is 6. The second-order valence-corrected chi connectivity index (χ2v) is 7.33. The molecule has 2 heterocycles. The number of fused-ring (bicyclic) bond motifs is 1. The van der Waals surface area contributed by atoms with Gasteiger partial charge in [-0.3, -0.25) is 19.4 Å². The molecule has 2 aromatic heterocycles. The van der Waals surface area contributed by atoms with Crippen LogP contribution in [0.2, 0.25) is 0 Å². The molecule has 0 spiro atoms. The van der Waals surface area contributed by atoms with Crippen molar-refractivity contribution in [1.82, 2.24) is 24.9 Å². The van der Waals surface area contributed by atoms with E-state index >= 15 is 0 Å². The summed E-state index contributed by atoms with van der Waals surface area (Å²) < 4.78 is 1.80. The average Bonchev–Trinajstić information content (AvgIpc) is 3.23. The van der Waals surface area contributed by atoms with Gasteiger partial charge in [-0.05, 0) is 52.5 Å². The minimum absolute atomic E-state index is 0.00859. The van der Waals surface area contributed by atoms with Crippen LogP contribution in [0.3, 0.4) is 0 Å². The Morgan fingerprint density at radius 2 is 2.04 bits per heavy atom. The van der Waals surface area contributed by atoms with Crippen LogP contribution in [0.25, 0.3) is 0 Å².